The normalized spacial score (nSPS) is 9.67. The maximum atomic E-state index is 10.0. The van der Waals surface area contributed by atoms with Crippen LogP contribution < -0.4 is 11.9 Å². The van der Waals surface area contributed by atoms with Crippen molar-refractivity contribution in [3.8, 4) is 0 Å². The molecule has 0 radical (unpaired) electrons. The minimum absolute atomic E-state index is 0. The molecule has 0 atom stereocenters. The van der Waals surface area contributed by atoms with Crippen molar-refractivity contribution >= 4 is 6.09 Å². The zero-order chi connectivity index (χ0) is 6.78. The van der Waals surface area contributed by atoms with E-state index in [1.807, 2.05) is 0 Å². The molecule has 4 nitrogen and oxygen atoms in total. The number of nitrogens with two attached hydrogens (primary N) is 1. The molecule has 0 saturated heterocycles. The molecule has 0 aromatic carbocycles. The second-order valence-electron chi connectivity index (χ2n) is 2.53. The molecule has 0 aliphatic carbocycles. The van der Waals surface area contributed by atoms with Crippen LogP contribution in [-0.4, -0.2) is 11.7 Å². The van der Waals surface area contributed by atoms with Gasteiger partial charge >= 0.3 is 6.09 Å². The molecule has 0 bridgehead atoms. The average Bonchev–Trinajstić information content (AvgIpc) is 1.21. The lowest BCUT2D eigenvalue weighted by Gasteiger charge is -2.16. The van der Waals surface area contributed by atoms with E-state index in [1.165, 1.54) is 0 Å². The number of rotatable bonds is 0. The van der Waals surface area contributed by atoms with Gasteiger partial charge in [-0.3, -0.25) is 0 Å². The molecule has 0 aromatic heterocycles. The highest BCUT2D eigenvalue weighted by Gasteiger charge is 2.12. The summed E-state index contributed by atoms with van der Waals surface area (Å²) in [6.07, 6.45) is -0.725. The number of hydrogen-bond acceptors (Lipinski definition) is 3. The molecule has 4 heteroatoms. The third kappa shape index (κ3) is 11.1. The SMILES string of the molecule is CC(C)(C)OC(N)=O.N. The van der Waals surface area contributed by atoms with Gasteiger partial charge in [0.05, 0.1) is 0 Å². The molecular formula is C5H14N2O2. The Kier molecular flexibility index (Phi) is 4.06. The maximum Gasteiger partial charge on any atom is 0.405 e. The lowest BCUT2D eigenvalue weighted by molar-refractivity contribution is 0.0600. The largest absolute Gasteiger partial charge is 0.444 e. The lowest BCUT2D eigenvalue weighted by Crippen LogP contribution is -2.27. The second-order valence-corrected chi connectivity index (χ2v) is 2.53. The Morgan fingerprint density at radius 2 is 1.78 bits per heavy atom. The van der Waals surface area contributed by atoms with Crippen LogP contribution in [0.1, 0.15) is 20.8 Å². The topological polar surface area (TPSA) is 87.3 Å². The summed E-state index contributed by atoms with van der Waals surface area (Å²) in [7, 11) is 0. The van der Waals surface area contributed by atoms with Gasteiger partial charge in [-0.15, -0.1) is 0 Å². The number of ether oxygens (including phenoxy) is 1. The predicted molar refractivity (Wildman–Crippen MR) is 35.4 cm³/mol. The van der Waals surface area contributed by atoms with Crippen molar-refractivity contribution in [3.63, 3.8) is 0 Å². The molecule has 0 rings (SSSR count). The molecule has 56 valence electrons. The van der Waals surface area contributed by atoms with Gasteiger partial charge in [0.15, 0.2) is 0 Å². The first-order valence-corrected chi connectivity index (χ1v) is 2.40. The van der Waals surface area contributed by atoms with Gasteiger partial charge in [-0.1, -0.05) is 0 Å². The zero-order valence-corrected chi connectivity index (χ0v) is 6.10. The van der Waals surface area contributed by atoms with Gasteiger partial charge < -0.3 is 16.6 Å². The Labute approximate surface area is 54.9 Å². The van der Waals surface area contributed by atoms with E-state index in [-0.39, 0.29) is 6.15 Å². The van der Waals surface area contributed by atoms with Crippen molar-refractivity contribution in [2.24, 2.45) is 5.73 Å². The molecule has 0 saturated carbocycles. The zero-order valence-electron chi connectivity index (χ0n) is 6.10. The van der Waals surface area contributed by atoms with Crippen molar-refractivity contribution in [2.45, 2.75) is 26.4 Å². The van der Waals surface area contributed by atoms with Gasteiger partial charge in [0.1, 0.15) is 5.60 Å². The number of carbonyl (C=O) groups excluding carboxylic acids is 1. The second kappa shape index (κ2) is 3.29. The molecule has 0 aliphatic rings. The minimum Gasteiger partial charge on any atom is -0.444 e. The molecule has 0 heterocycles. The van der Waals surface area contributed by atoms with E-state index in [9.17, 15) is 4.79 Å². The first kappa shape index (κ1) is 11.1. The molecule has 0 aromatic rings. The summed E-state index contributed by atoms with van der Waals surface area (Å²) in [6.45, 7) is 5.28. The third-order valence-corrected chi connectivity index (χ3v) is 0.407. The molecule has 0 unspecified atom stereocenters. The fourth-order valence-electron chi connectivity index (χ4n) is 0.302. The van der Waals surface area contributed by atoms with Gasteiger partial charge in [-0.25, -0.2) is 4.79 Å². The Morgan fingerprint density at radius 1 is 1.44 bits per heavy atom. The van der Waals surface area contributed by atoms with Gasteiger partial charge in [0.2, 0.25) is 0 Å². The van der Waals surface area contributed by atoms with E-state index < -0.39 is 11.7 Å². The Hall–Kier alpha value is -0.770. The van der Waals surface area contributed by atoms with E-state index in [2.05, 4.69) is 4.74 Å². The van der Waals surface area contributed by atoms with Crippen LogP contribution in [0.4, 0.5) is 4.79 Å². The van der Waals surface area contributed by atoms with Gasteiger partial charge in [-0.2, -0.15) is 0 Å². The van der Waals surface area contributed by atoms with Crippen LogP contribution in [-0.2, 0) is 4.74 Å². The summed E-state index contributed by atoms with van der Waals surface area (Å²) in [6, 6.07) is 0. The number of hydrogen-bond donors (Lipinski definition) is 2. The standard InChI is InChI=1S/C5H11NO2.H3N/c1-5(2,3)8-4(6)7;/h1-3H3,(H2,6,7);1H3. The van der Waals surface area contributed by atoms with E-state index in [1.54, 1.807) is 20.8 Å². The summed E-state index contributed by atoms with van der Waals surface area (Å²) >= 11 is 0. The molecular weight excluding hydrogens is 120 g/mol. The van der Waals surface area contributed by atoms with Crippen LogP contribution in [0.3, 0.4) is 0 Å². The van der Waals surface area contributed by atoms with E-state index in [0.717, 1.165) is 0 Å². The summed E-state index contributed by atoms with van der Waals surface area (Å²) in [5, 5.41) is 0. The van der Waals surface area contributed by atoms with Crippen molar-refractivity contribution < 1.29 is 9.53 Å². The maximum absolute atomic E-state index is 10.0. The van der Waals surface area contributed by atoms with Gasteiger partial charge in [0, 0.05) is 0 Å². The molecule has 9 heavy (non-hydrogen) atoms. The first-order chi connectivity index (χ1) is 3.42. The molecule has 1 amide bonds. The van der Waals surface area contributed by atoms with Crippen LogP contribution >= 0.6 is 0 Å². The minimum atomic E-state index is -0.725. The first-order valence-electron chi connectivity index (χ1n) is 2.40. The van der Waals surface area contributed by atoms with Crippen molar-refractivity contribution in [3.05, 3.63) is 0 Å². The summed E-state index contributed by atoms with van der Waals surface area (Å²) in [5.41, 5.74) is 4.26. The van der Waals surface area contributed by atoms with Crippen molar-refractivity contribution in [1.29, 1.82) is 0 Å². The third-order valence-electron chi connectivity index (χ3n) is 0.407. The smallest absolute Gasteiger partial charge is 0.405 e. The quantitative estimate of drug-likeness (QED) is 0.518. The Balaban J connectivity index is 0. The highest BCUT2D eigenvalue weighted by atomic mass is 16.6. The molecule has 0 spiro atoms. The van der Waals surface area contributed by atoms with Crippen LogP contribution in [0, 0.1) is 0 Å². The predicted octanol–water partition coefficient (Wildman–Crippen LogP) is 1.04. The monoisotopic (exact) mass is 134 g/mol. The van der Waals surface area contributed by atoms with Crippen LogP contribution in [0.2, 0.25) is 0 Å². The fraction of sp³-hybridized carbons (Fsp3) is 0.800. The number of primary amides is 1. The summed E-state index contributed by atoms with van der Waals surface area (Å²) in [4.78, 5) is 10.0. The lowest BCUT2D eigenvalue weighted by atomic mass is 10.2. The van der Waals surface area contributed by atoms with Crippen LogP contribution in [0.25, 0.3) is 0 Å². The van der Waals surface area contributed by atoms with Gasteiger partial charge in [-0.05, 0) is 20.8 Å². The number of amides is 1. The van der Waals surface area contributed by atoms with Crippen molar-refractivity contribution in [1.82, 2.24) is 6.15 Å². The highest BCUT2D eigenvalue weighted by molar-refractivity contribution is 5.65. The highest BCUT2D eigenvalue weighted by Crippen LogP contribution is 2.04. The molecule has 0 aliphatic heterocycles. The Bertz CT molecular complexity index is 95.6. The number of carbonyl (C=O) groups is 1. The van der Waals surface area contributed by atoms with Crippen LogP contribution in [0.15, 0.2) is 0 Å². The molecule has 5 N–H and O–H groups in total. The van der Waals surface area contributed by atoms with Crippen molar-refractivity contribution in [2.75, 3.05) is 0 Å². The fourth-order valence-corrected chi connectivity index (χ4v) is 0.302. The Morgan fingerprint density at radius 3 is 1.78 bits per heavy atom. The molecule has 0 fully saturated rings. The summed E-state index contributed by atoms with van der Waals surface area (Å²) in [5.74, 6) is 0. The van der Waals surface area contributed by atoms with Gasteiger partial charge in [0.25, 0.3) is 0 Å². The van der Waals surface area contributed by atoms with E-state index in [0.29, 0.717) is 0 Å². The average molecular weight is 134 g/mol. The summed E-state index contributed by atoms with van der Waals surface area (Å²) < 4.78 is 4.58. The van der Waals surface area contributed by atoms with E-state index in [4.69, 9.17) is 5.73 Å². The van der Waals surface area contributed by atoms with Crippen LogP contribution in [0.5, 0.6) is 0 Å². The van der Waals surface area contributed by atoms with E-state index >= 15 is 0 Å².